The van der Waals surface area contributed by atoms with Crippen molar-refractivity contribution >= 4 is 12.1 Å². The van der Waals surface area contributed by atoms with Gasteiger partial charge in [-0.3, -0.25) is 4.79 Å². The monoisotopic (exact) mass is 357 g/mol. The van der Waals surface area contributed by atoms with Crippen LogP contribution < -0.4 is 0 Å². The third-order valence-electron chi connectivity index (χ3n) is 4.30. The average molecular weight is 357 g/mol. The zero-order valence-corrected chi connectivity index (χ0v) is 16.1. The van der Waals surface area contributed by atoms with Gasteiger partial charge in [-0.05, 0) is 52.4 Å². The quantitative estimate of drug-likeness (QED) is 0.596. The number of nitrogens with zero attached hydrogens (tertiary/aromatic N) is 1. The number of amides is 1. The van der Waals surface area contributed by atoms with Crippen LogP contribution in [0.3, 0.4) is 0 Å². The number of hydrogen-bond donors (Lipinski definition) is 1. The molecule has 1 aliphatic rings. The standard InChI is InChI=1S/C19H35NO5/c1-19(2,3)25-18(23)20-12-10-16(11-13-20)15-24-14-8-6-4-5-7-9-17(21)22/h16H,4-15H2,1-3H3,(H,21,22). The van der Waals surface area contributed by atoms with Crippen LogP contribution in [-0.4, -0.2) is 54.0 Å². The van der Waals surface area contributed by atoms with Gasteiger partial charge in [0.2, 0.25) is 0 Å². The number of unbranched alkanes of at least 4 members (excludes halogenated alkanes) is 4. The van der Waals surface area contributed by atoms with Crippen LogP contribution in [0.1, 0.15) is 72.1 Å². The minimum atomic E-state index is -0.707. The SMILES string of the molecule is CC(C)(C)OC(=O)N1CCC(COCCCCCCCC(=O)O)CC1. The first-order valence-electron chi connectivity index (χ1n) is 9.55. The maximum absolute atomic E-state index is 12.0. The Morgan fingerprint density at radius 2 is 1.64 bits per heavy atom. The fourth-order valence-electron chi connectivity index (χ4n) is 2.87. The molecule has 0 saturated carbocycles. The van der Waals surface area contributed by atoms with Gasteiger partial charge in [-0.25, -0.2) is 4.79 Å². The Morgan fingerprint density at radius 1 is 1.04 bits per heavy atom. The lowest BCUT2D eigenvalue weighted by Crippen LogP contribution is -2.42. The van der Waals surface area contributed by atoms with E-state index in [4.69, 9.17) is 14.6 Å². The van der Waals surface area contributed by atoms with Crippen molar-refractivity contribution in [2.24, 2.45) is 5.92 Å². The first-order chi connectivity index (χ1) is 11.8. The molecule has 0 aromatic rings. The molecule has 0 spiro atoms. The number of carboxylic acids is 1. The van der Waals surface area contributed by atoms with Crippen LogP contribution in [0.2, 0.25) is 0 Å². The molecule has 1 saturated heterocycles. The number of carbonyl (C=O) groups excluding carboxylic acids is 1. The minimum Gasteiger partial charge on any atom is -0.481 e. The normalized spacial score (nSPS) is 16.0. The van der Waals surface area contributed by atoms with Gasteiger partial charge in [0.1, 0.15) is 5.60 Å². The van der Waals surface area contributed by atoms with Crippen molar-refractivity contribution in [3.05, 3.63) is 0 Å². The van der Waals surface area contributed by atoms with Crippen LogP contribution in [0.15, 0.2) is 0 Å². The van der Waals surface area contributed by atoms with E-state index in [1.807, 2.05) is 20.8 Å². The van der Waals surface area contributed by atoms with Gasteiger partial charge >= 0.3 is 12.1 Å². The lowest BCUT2D eigenvalue weighted by Gasteiger charge is -2.33. The Kier molecular flexibility index (Phi) is 9.86. The molecular weight excluding hydrogens is 322 g/mol. The molecular formula is C19H35NO5. The van der Waals surface area contributed by atoms with Crippen LogP contribution in [0.5, 0.6) is 0 Å². The predicted octanol–water partition coefficient (Wildman–Crippen LogP) is 4.08. The first-order valence-corrected chi connectivity index (χ1v) is 9.55. The number of rotatable bonds is 10. The summed E-state index contributed by atoms with van der Waals surface area (Å²) in [5.74, 6) is -0.185. The number of likely N-dealkylation sites (tertiary alicyclic amines) is 1. The third-order valence-corrected chi connectivity index (χ3v) is 4.30. The number of carboxylic acid groups (broad SMARTS) is 1. The Hall–Kier alpha value is -1.30. The molecule has 146 valence electrons. The van der Waals surface area contributed by atoms with Gasteiger partial charge in [-0.15, -0.1) is 0 Å². The van der Waals surface area contributed by atoms with Gasteiger partial charge in [-0.1, -0.05) is 19.3 Å². The van der Waals surface area contributed by atoms with Crippen LogP contribution >= 0.6 is 0 Å². The van der Waals surface area contributed by atoms with Gasteiger partial charge in [0.25, 0.3) is 0 Å². The molecule has 0 radical (unpaired) electrons. The van der Waals surface area contributed by atoms with Crippen LogP contribution in [0.4, 0.5) is 4.79 Å². The molecule has 25 heavy (non-hydrogen) atoms. The topological polar surface area (TPSA) is 76.1 Å². The average Bonchev–Trinajstić information content (AvgIpc) is 2.52. The van der Waals surface area contributed by atoms with Crippen molar-refractivity contribution in [3.8, 4) is 0 Å². The van der Waals surface area contributed by atoms with E-state index >= 15 is 0 Å². The van der Waals surface area contributed by atoms with Gasteiger partial charge < -0.3 is 19.5 Å². The molecule has 6 nitrogen and oxygen atoms in total. The number of aliphatic carboxylic acids is 1. The summed E-state index contributed by atoms with van der Waals surface area (Å²) in [5, 5.41) is 8.56. The van der Waals surface area contributed by atoms with Gasteiger partial charge in [0.15, 0.2) is 0 Å². The third kappa shape index (κ3) is 11.0. The van der Waals surface area contributed by atoms with E-state index in [0.29, 0.717) is 5.92 Å². The van der Waals surface area contributed by atoms with E-state index in [1.54, 1.807) is 4.90 Å². The highest BCUT2D eigenvalue weighted by molar-refractivity contribution is 5.68. The van der Waals surface area contributed by atoms with E-state index < -0.39 is 11.6 Å². The van der Waals surface area contributed by atoms with Crippen molar-refractivity contribution < 1.29 is 24.2 Å². The molecule has 1 fully saturated rings. The van der Waals surface area contributed by atoms with Crippen LogP contribution in [0.25, 0.3) is 0 Å². The van der Waals surface area contributed by atoms with Gasteiger partial charge in [-0.2, -0.15) is 0 Å². The molecule has 0 bridgehead atoms. The van der Waals surface area contributed by atoms with E-state index in [2.05, 4.69) is 0 Å². The largest absolute Gasteiger partial charge is 0.481 e. The number of hydrogen-bond acceptors (Lipinski definition) is 4. The molecule has 1 rings (SSSR count). The molecule has 1 heterocycles. The Labute approximate surface area is 151 Å². The second-order valence-corrected chi connectivity index (χ2v) is 7.90. The Balaban J connectivity index is 1.99. The Bertz CT molecular complexity index is 397. The van der Waals surface area contributed by atoms with Gasteiger partial charge in [0, 0.05) is 32.7 Å². The van der Waals surface area contributed by atoms with E-state index in [9.17, 15) is 9.59 Å². The van der Waals surface area contributed by atoms with Crippen molar-refractivity contribution in [3.63, 3.8) is 0 Å². The van der Waals surface area contributed by atoms with Crippen molar-refractivity contribution in [2.45, 2.75) is 77.7 Å². The zero-order valence-electron chi connectivity index (χ0n) is 16.1. The molecule has 0 aliphatic carbocycles. The molecule has 1 N–H and O–H groups in total. The van der Waals surface area contributed by atoms with Crippen LogP contribution in [-0.2, 0) is 14.3 Å². The minimum absolute atomic E-state index is 0.213. The summed E-state index contributed by atoms with van der Waals surface area (Å²) < 4.78 is 11.2. The summed E-state index contributed by atoms with van der Waals surface area (Å²) in [7, 11) is 0. The number of piperidine rings is 1. The molecule has 0 atom stereocenters. The maximum atomic E-state index is 12.0. The van der Waals surface area contributed by atoms with Crippen LogP contribution in [0, 0.1) is 5.92 Å². The Morgan fingerprint density at radius 3 is 2.24 bits per heavy atom. The van der Waals surface area contributed by atoms with Gasteiger partial charge in [0.05, 0.1) is 0 Å². The van der Waals surface area contributed by atoms with Crippen molar-refractivity contribution in [1.29, 1.82) is 0 Å². The second kappa shape index (κ2) is 11.3. The zero-order chi connectivity index (χ0) is 18.7. The molecule has 0 aromatic heterocycles. The summed E-state index contributed by atoms with van der Waals surface area (Å²) in [5.41, 5.74) is -0.440. The van der Waals surface area contributed by atoms with Crippen molar-refractivity contribution in [1.82, 2.24) is 4.90 Å². The molecule has 1 aliphatic heterocycles. The number of carbonyl (C=O) groups is 2. The lowest BCUT2D eigenvalue weighted by atomic mass is 9.98. The molecule has 0 aromatic carbocycles. The summed E-state index contributed by atoms with van der Waals surface area (Å²) >= 11 is 0. The summed E-state index contributed by atoms with van der Waals surface area (Å²) in [4.78, 5) is 24.2. The predicted molar refractivity (Wildman–Crippen MR) is 96.7 cm³/mol. The smallest absolute Gasteiger partial charge is 0.410 e. The van der Waals surface area contributed by atoms with E-state index in [1.165, 1.54) is 0 Å². The van der Waals surface area contributed by atoms with Crippen molar-refractivity contribution in [2.75, 3.05) is 26.3 Å². The molecule has 0 unspecified atom stereocenters. The van der Waals surface area contributed by atoms with E-state index in [-0.39, 0.29) is 12.5 Å². The lowest BCUT2D eigenvalue weighted by molar-refractivity contribution is -0.137. The molecule has 6 heteroatoms. The number of ether oxygens (including phenoxy) is 2. The summed E-state index contributed by atoms with van der Waals surface area (Å²) in [6, 6.07) is 0. The second-order valence-electron chi connectivity index (χ2n) is 7.90. The fraction of sp³-hybridized carbons (Fsp3) is 0.895. The highest BCUT2D eigenvalue weighted by atomic mass is 16.6. The summed E-state index contributed by atoms with van der Waals surface area (Å²) in [6.45, 7) is 8.68. The summed E-state index contributed by atoms with van der Waals surface area (Å²) in [6.07, 6.45) is 6.95. The highest BCUT2D eigenvalue weighted by Gasteiger charge is 2.26. The van der Waals surface area contributed by atoms with E-state index in [0.717, 1.165) is 71.2 Å². The highest BCUT2D eigenvalue weighted by Crippen LogP contribution is 2.20. The maximum Gasteiger partial charge on any atom is 0.410 e. The fourth-order valence-corrected chi connectivity index (χ4v) is 2.87. The molecule has 1 amide bonds. The first kappa shape index (κ1) is 21.7.